The molecule has 0 saturated carbocycles. The third-order valence-electron chi connectivity index (χ3n) is 1.12. The molecule has 1 fully saturated rings. The molecular weight excluding hydrogens is 114 g/mol. The molecule has 0 aliphatic carbocycles. The molecule has 0 atom stereocenters. The molecule has 1 aliphatic heterocycles. The molecular formula is C7H19NO. The molecule has 2 nitrogen and oxygen atoms in total. The summed E-state index contributed by atoms with van der Waals surface area (Å²) in [6, 6.07) is 0. The van der Waals surface area contributed by atoms with Crippen LogP contribution < -0.4 is 5.73 Å². The highest BCUT2D eigenvalue weighted by atomic mass is 16.5. The molecule has 9 heavy (non-hydrogen) atoms. The van der Waals surface area contributed by atoms with Gasteiger partial charge in [0.2, 0.25) is 0 Å². The number of rotatable bonds is 1. The maximum absolute atomic E-state index is 5.03. The largest absolute Gasteiger partial charge is 0.381 e. The van der Waals surface area contributed by atoms with E-state index in [1.165, 1.54) is 12.8 Å². The summed E-state index contributed by atoms with van der Waals surface area (Å²) in [6.45, 7) is 4.88. The Kier molecular flexibility index (Phi) is 7.85. The van der Waals surface area contributed by atoms with Gasteiger partial charge in [-0.3, -0.25) is 0 Å². The zero-order chi connectivity index (χ0) is 6.95. The minimum atomic E-state index is 0. The molecule has 2 N–H and O–H groups in total. The van der Waals surface area contributed by atoms with E-state index in [-0.39, 0.29) is 1.43 Å². The summed E-state index contributed by atoms with van der Waals surface area (Å²) in [5.41, 5.74) is 5.03. The quantitative estimate of drug-likeness (QED) is 0.586. The number of nitrogens with two attached hydrogens (primary N) is 1. The maximum atomic E-state index is 5.03. The van der Waals surface area contributed by atoms with Crippen molar-refractivity contribution in [2.24, 2.45) is 5.73 Å². The van der Waals surface area contributed by atoms with Crippen molar-refractivity contribution in [1.82, 2.24) is 0 Å². The Hall–Kier alpha value is -0.0800. The van der Waals surface area contributed by atoms with Crippen LogP contribution in [0.25, 0.3) is 0 Å². The van der Waals surface area contributed by atoms with E-state index in [9.17, 15) is 0 Å². The highest BCUT2D eigenvalue weighted by Gasteiger charge is 1.94. The zero-order valence-electron chi connectivity index (χ0n) is 6.23. The van der Waals surface area contributed by atoms with Gasteiger partial charge in [-0.15, -0.1) is 0 Å². The van der Waals surface area contributed by atoms with Crippen LogP contribution >= 0.6 is 0 Å². The molecule has 1 rings (SSSR count). The van der Waals surface area contributed by atoms with Crippen LogP contribution in [-0.4, -0.2) is 19.8 Å². The first kappa shape index (κ1) is 8.92. The fourth-order valence-corrected chi connectivity index (χ4v) is 0.510. The van der Waals surface area contributed by atoms with Crippen LogP contribution in [0.3, 0.4) is 0 Å². The van der Waals surface area contributed by atoms with Crippen molar-refractivity contribution < 1.29 is 6.16 Å². The van der Waals surface area contributed by atoms with Crippen LogP contribution in [-0.2, 0) is 4.74 Å². The van der Waals surface area contributed by atoms with Crippen LogP contribution in [0.1, 0.15) is 27.6 Å². The first-order chi connectivity index (χ1) is 4.41. The lowest BCUT2D eigenvalue weighted by atomic mass is 10.4. The smallest absolute Gasteiger partial charge is 0.0466 e. The van der Waals surface area contributed by atoms with Crippen molar-refractivity contribution >= 4 is 0 Å². The van der Waals surface area contributed by atoms with Gasteiger partial charge in [-0.25, -0.2) is 0 Å². The van der Waals surface area contributed by atoms with Crippen LogP contribution in [0.4, 0.5) is 0 Å². The summed E-state index contributed by atoms with van der Waals surface area (Å²) in [7, 11) is 0. The Morgan fingerprint density at radius 3 is 2.00 bits per heavy atom. The lowest BCUT2D eigenvalue weighted by Gasteiger charge is -1.76. The molecule has 0 aromatic heterocycles. The van der Waals surface area contributed by atoms with Crippen molar-refractivity contribution in [3.8, 4) is 0 Å². The van der Waals surface area contributed by atoms with Gasteiger partial charge in [0.25, 0.3) is 0 Å². The van der Waals surface area contributed by atoms with Gasteiger partial charge in [0, 0.05) is 14.6 Å². The van der Waals surface area contributed by atoms with Gasteiger partial charge in [-0.05, 0) is 25.8 Å². The topological polar surface area (TPSA) is 35.2 Å². The van der Waals surface area contributed by atoms with Crippen molar-refractivity contribution in [2.45, 2.75) is 26.2 Å². The molecule has 58 valence electrons. The van der Waals surface area contributed by atoms with Crippen LogP contribution in [0.2, 0.25) is 0 Å². The van der Waals surface area contributed by atoms with Crippen molar-refractivity contribution in [2.75, 3.05) is 19.8 Å². The lowest BCUT2D eigenvalue weighted by molar-refractivity contribution is 0.198. The van der Waals surface area contributed by atoms with Crippen molar-refractivity contribution in [1.29, 1.82) is 0 Å². The summed E-state index contributed by atoms with van der Waals surface area (Å²) in [4.78, 5) is 0. The van der Waals surface area contributed by atoms with Gasteiger partial charge in [-0.1, -0.05) is 6.92 Å². The zero-order valence-corrected chi connectivity index (χ0v) is 6.23. The summed E-state index contributed by atoms with van der Waals surface area (Å²) >= 11 is 0. The van der Waals surface area contributed by atoms with Crippen LogP contribution in [0.15, 0.2) is 0 Å². The average Bonchev–Trinajstić information content (AvgIpc) is 2.43. The molecule has 1 aliphatic rings. The number of hydrogen-bond donors (Lipinski definition) is 1. The Balaban J connectivity index is 0. The van der Waals surface area contributed by atoms with E-state index < -0.39 is 0 Å². The van der Waals surface area contributed by atoms with Gasteiger partial charge >= 0.3 is 0 Å². The second-order valence-corrected chi connectivity index (χ2v) is 2.11. The third kappa shape index (κ3) is 7.92. The first-order valence-electron chi connectivity index (χ1n) is 3.69. The van der Waals surface area contributed by atoms with Gasteiger partial charge in [0.15, 0.2) is 0 Å². The van der Waals surface area contributed by atoms with E-state index >= 15 is 0 Å². The normalized spacial score (nSPS) is 16.7. The van der Waals surface area contributed by atoms with Gasteiger partial charge < -0.3 is 10.5 Å². The number of ether oxygens (including phenoxy) is 1. The molecule has 0 amide bonds. The standard InChI is InChI=1S/C4H8O.C3H9N.H2/c1-2-4-5-3-1;1-2-3-4;/h1-4H2;2-4H2,1H3;1H. The first-order valence-corrected chi connectivity index (χ1v) is 3.69. The second-order valence-electron chi connectivity index (χ2n) is 2.11. The van der Waals surface area contributed by atoms with E-state index in [0.717, 1.165) is 26.2 Å². The fraction of sp³-hybridized carbons (Fsp3) is 1.00. The maximum Gasteiger partial charge on any atom is 0.0466 e. The van der Waals surface area contributed by atoms with E-state index in [2.05, 4.69) is 6.92 Å². The minimum absolute atomic E-state index is 0. The Morgan fingerprint density at radius 1 is 1.44 bits per heavy atom. The minimum Gasteiger partial charge on any atom is -0.381 e. The highest BCUT2D eigenvalue weighted by Crippen LogP contribution is 1.98. The molecule has 0 bridgehead atoms. The predicted molar refractivity (Wildman–Crippen MR) is 41.5 cm³/mol. The summed E-state index contributed by atoms with van der Waals surface area (Å²) in [5, 5.41) is 0. The van der Waals surface area contributed by atoms with Crippen molar-refractivity contribution in [3.05, 3.63) is 0 Å². The van der Waals surface area contributed by atoms with E-state index in [1.807, 2.05) is 0 Å². The summed E-state index contributed by atoms with van der Waals surface area (Å²) in [5.74, 6) is 0. The van der Waals surface area contributed by atoms with Gasteiger partial charge in [0.1, 0.15) is 0 Å². The van der Waals surface area contributed by atoms with Gasteiger partial charge in [0.05, 0.1) is 0 Å². The molecule has 0 aromatic carbocycles. The Morgan fingerprint density at radius 2 is 1.89 bits per heavy atom. The molecule has 0 spiro atoms. The lowest BCUT2D eigenvalue weighted by Crippen LogP contribution is -1.93. The fourth-order valence-electron chi connectivity index (χ4n) is 0.510. The Bertz CT molecular complexity index is 39.3. The predicted octanol–water partition coefficient (Wildman–Crippen LogP) is 1.40. The van der Waals surface area contributed by atoms with E-state index in [4.69, 9.17) is 10.5 Å². The highest BCUT2D eigenvalue weighted by molar-refractivity contribution is 4.43. The van der Waals surface area contributed by atoms with E-state index in [1.54, 1.807) is 0 Å². The molecule has 0 aromatic rings. The van der Waals surface area contributed by atoms with Crippen LogP contribution in [0.5, 0.6) is 0 Å². The summed E-state index contributed by atoms with van der Waals surface area (Å²) < 4.78 is 4.94. The average molecular weight is 133 g/mol. The van der Waals surface area contributed by atoms with Crippen molar-refractivity contribution in [3.63, 3.8) is 0 Å². The number of hydrogen-bond acceptors (Lipinski definition) is 2. The Labute approximate surface area is 58.9 Å². The second kappa shape index (κ2) is 7.92. The summed E-state index contributed by atoms with van der Waals surface area (Å²) in [6.07, 6.45) is 3.65. The van der Waals surface area contributed by atoms with E-state index in [0.29, 0.717) is 0 Å². The van der Waals surface area contributed by atoms with Gasteiger partial charge in [-0.2, -0.15) is 0 Å². The molecule has 1 saturated heterocycles. The molecule has 0 unspecified atom stereocenters. The SMILES string of the molecule is C1CCOC1.CCCN.[HH]. The molecule has 0 radical (unpaired) electrons. The molecule has 1 heterocycles. The van der Waals surface area contributed by atoms with Crippen LogP contribution in [0, 0.1) is 0 Å². The molecule has 2 heteroatoms. The monoisotopic (exact) mass is 133 g/mol. The third-order valence-corrected chi connectivity index (χ3v) is 1.12.